The van der Waals surface area contributed by atoms with E-state index >= 15 is 0 Å². The Kier molecular flexibility index (Phi) is 2.86. The maximum absolute atomic E-state index is 11.3. The van der Waals surface area contributed by atoms with Gasteiger partial charge in [-0.15, -0.1) is 0 Å². The van der Waals surface area contributed by atoms with Gasteiger partial charge in [-0.25, -0.2) is 9.59 Å². The largest absolute Gasteiger partial charge is 0.465 e. The van der Waals surface area contributed by atoms with E-state index in [2.05, 4.69) is 0 Å². The Balaban J connectivity index is 2.18. The van der Waals surface area contributed by atoms with Gasteiger partial charge < -0.3 is 9.84 Å². The van der Waals surface area contributed by atoms with Crippen LogP contribution in [0.3, 0.4) is 0 Å². The van der Waals surface area contributed by atoms with Crippen LogP contribution in [0.5, 0.6) is 0 Å². The average molecular weight is 236 g/mol. The Labute approximate surface area is 98.0 Å². The highest BCUT2D eigenvalue weighted by Crippen LogP contribution is 2.22. The minimum Gasteiger partial charge on any atom is -0.465 e. The first kappa shape index (κ1) is 11.3. The normalized spacial score (nSPS) is 14.6. The van der Waals surface area contributed by atoms with Crippen LogP contribution in [0.1, 0.15) is 0 Å². The highest BCUT2D eigenvalue weighted by atomic mass is 16.6. The molecule has 1 aromatic rings. The van der Waals surface area contributed by atoms with Crippen LogP contribution in [0, 0.1) is 0 Å². The quantitative estimate of drug-likeness (QED) is 0.849. The summed E-state index contributed by atoms with van der Waals surface area (Å²) in [7, 11) is 1.46. The van der Waals surface area contributed by atoms with Gasteiger partial charge in [0, 0.05) is 18.4 Å². The molecule has 17 heavy (non-hydrogen) atoms. The van der Waals surface area contributed by atoms with Gasteiger partial charge in [0.15, 0.2) is 0 Å². The topological polar surface area (TPSA) is 70.1 Å². The molecule has 0 aromatic heterocycles. The van der Waals surface area contributed by atoms with Gasteiger partial charge in [-0.2, -0.15) is 0 Å². The van der Waals surface area contributed by atoms with Crippen LogP contribution < -0.4 is 9.80 Å². The Morgan fingerprint density at radius 2 is 2.06 bits per heavy atom. The van der Waals surface area contributed by atoms with Gasteiger partial charge in [0.1, 0.15) is 6.61 Å². The molecule has 1 heterocycles. The monoisotopic (exact) mass is 236 g/mol. The summed E-state index contributed by atoms with van der Waals surface area (Å²) in [4.78, 5) is 24.6. The van der Waals surface area contributed by atoms with E-state index in [0.29, 0.717) is 24.5 Å². The number of rotatable bonds is 2. The van der Waals surface area contributed by atoms with E-state index in [1.165, 1.54) is 11.9 Å². The molecule has 1 aliphatic heterocycles. The predicted molar refractivity (Wildman–Crippen MR) is 61.6 cm³/mol. The van der Waals surface area contributed by atoms with E-state index in [4.69, 9.17) is 9.84 Å². The van der Waals surface area contributed by atoms with Crippen molar-refractivity contribution in [2.75, 3.05) is 30.0 Å². The van der Waals surface area contributed by atoms with Gasteiger partial charge in [-0.05, 0) is 24.3 Å². The second kappa shape index (κ2) is 4.32. The van der Waals surface area contributed by atoms with E-state index in [-0.39, 0.29) is 6.09 Å². The summed E-state index contributed by atoms with van der Waals surface area (Å²) in [6, 6.07) is 6.69. The van der Waals surface area contributed by atoms with Crippen LogP contribution in [-0.4, -0.2) is 37.5 Å². The standard InChI is InChI=1S/C11H12N2O4/c1-12(10(14)15)8-2-4-9(5-3-8)13-6-7-17-11(13)16/h2-5H,6-7H2,1H3,(H,14,15). The first-order valence-corrected chi connectivity index (χ1v) is 5.10. The van der Waals surface area contributed by atoms with Crippen molar-refractivity contribution in [3.05, 3.63) is 24.3 Å². The number of ether oxygens (including phenoxy) is 1. The van der Waals surface area contributed by atoms with Crippen molar-refractivity contribution in [3.8, 4) is 0 Å². The lowest BCUT2D eigenvalue weighted by Gasteiger charge is -2.16. The Hall–Kier alpha value is -2.24. The maximum Gasteiger partial charge on any atom is 0.414 e. The van der Waals surface area contributed by atoms with Crippen LogP contribution in [-0.2, 0) is 4.74 Å². The number of cyclic esters (lactones) is 1. The third kappa shape index (κ3) is 2.15. The molecule has 0 saturated carbocycles. The molecule has 0 bridgehead atoms. The second-order valence-electron chi connectivity index (χ2n) is 3.62. The summed E-state index contributed by atoms with van der Waals surface area (Å²) in [6.45, 7) is 0.905. The molecule has 1 saturated heterocycles. The minimum atomic E-state index is -1.03. The SMILES string of the molecule is CN(C(=O)O)c1ccc(N2CCOC2=O)cc1. The predicted octanol–water partition coefficient (Wildman–Crippen LogP) is 1.76. The molecule has 1 aliphatic rings. The third-order valence-corrected chi connectivity index (χ3v) is 2.60. The molecule has 90 valence electrons. The van der Waals surface area contributed by atoms with Gasteiger partial charge in [0.25, 0.3) is 0 Å². The molecule has 2 rings (SSSR count). The molecule has 0 aliphatic carbocycles. The van der Waals surface area contributed by atoms with E-state index in [1.54, 1.807) is 24.3 Å². The fraction of sp³-hybridized carbons (Fsp3) is 0.273. The maximum atomic E-state index is 11.3. The lowest BCUT2D eigenvalue weighted by atomic mass is 10.2. The summed E-state index contributed by atoms with van der Waals surface area (Å²) in [5.74, 6) is 0. The molecule has 1 N–H and O–H groups in total. The van der Waals surface area contributed by atoms with E-state index in [1.807, 2.05) is 0 Å². The van der Waals surface area contributed by atoms with E-state index in [9.17, 15) is 9.59 Å². The number of anilines is 2. The first-order chi connectivity index (χ1) is 8.09. The van der Waals surface area contributed by atoms with Gasteiger partial charge in [-0.1, -0.05) is 0 Å². The highest BCUT2D eigenvalue weighted by Gasteiger charge is 2.23. The molecule has 2 amide bonds. The average Bonchev–Trinajstić information content (AvgIpc) is 2.74. The minimum absolute atomic E-state index is 0.371. The van der Waals surface area contributed by atoms with E-state index < -0.39 is 6.09 Å². The second-order valence-corrected chi connectivity index (χ2v) is 3.62. The first-order valence-electron chi connectivity index (χ1n) is 5.10. The summed E-state index contributed by atoms with van der Waals surface area (Å²) < 4.78 is 4.82. The van der Waals surface area contributed by atoms with Crippen LogP contribution in [0.25, 0.3) is 0 Å². The Morgan fingerprint density at radius 3 is 2.53 bits per heavy atom. The summed E-state index contributed by atoms with van der Waals surface area (Å²) in [6.07, 6.45) is -1.40. The fourth-order valence-electron chi connectivity index (χ4n) is 1.59. The number of carboxylic acid groups (broad SMARTS) is 1. The lowest BCUT2D eigenvalue weighted by molar-refractivity contribution is 0.181. The molecule has 0 radical (unpaired) electrons. The zero-order valence-electron chi connectivity index (χ0n) is 9.29. The Bertz CT molecular complexity index is 443. The van der Waals surface area contributed by atoms with Crippen molar-refractivity contribution in [2.24, 2.45) is 0 Å². The molecule has 6 heteroatoms. The molecule has 0 unspecified atom stereocenters. The van der Waals surface area contributed by atoms with Crippen molar-refractivity contribution < 1.29 is 19.4 Å². The molecular weight excluding hydrogens is 224 g/mol. The number of carbonyl (C=O) groups excluding carboxylic acids is 1. The summed E-state index contributed by atoms with van der Waals surface area (Å²) >= 11 is 0. The number of nitrogens with zero attached hydrogens (tertiary/aromatic N) is 2. The molecule has 1 fully saturated rings. The molecule has 1 aromatic carbocycles. The van der Waals surface area contributed by atoms with Gasteiger partial charge >= 0.3 is 12.2 Å². The van der Waals surface area contributed by atoms with Crippen molar-refractivity contribution >= 4 is 23.6 Å². The molecule has 0 atom stereocenters. The fourth-order valence-corrected chi connectivity index (χ4v) is 1.59. The van der Waals surface area contributed by atoms with Crippen LogP contribution >= 0.6 is 0 Å². The van der Waals surface area contributed by atoms with E-state index in [0.717, 1.165) is 4.90 Å². The van der Waals surface area contributed by atoms with Crippen LogP contribution in [0.4, 0.5) is 21.0 Å². The lowest BCUT2D eigenvalue weighted by Crippen LogP contribution is -2.25. The van der Waals surface area contributed by atoms with Gasteiger partial charge in [-0.3, -0.25) is 9.80 Å². The number of hydrogen-bond acceptors (Lipinski definition) is 3. The van der Waals surface area contributed by atoms with Crippen molar-refractivity contribution in [1.29, 1.82) is 0 Å². The smallest absolute Gasteiger partial charge is 0.414 e. The van der Waals surface area contributed by atoms with Crippen molar-refractivity contribution in [2.45, 2.75) is 0 Å². The van der Waals surface area contributed by atoms with Crippen LogP contribution in [0.15, 0.2) is 24.3 Å². The summed E-state index contributed by atoms with van der Waals surface area (Å²) in [5, 5.41) is 8.80. The van der Waals surface area contributed by atoms with Gasteiger partial charge in [0.05, 0.1) is 6.54 Å². The number of amides is 2. The van der Waals surface area contributed by atoms with Gasteiger partial charge in [0.2, 0.25) is 0 Å². The molecular formula is C11H12N2O4. The number of benzene rings is 1. The zero-order chi connectivity index (χ0) is 12.4. The van der Waals surface area contributed by atoms with Crippen molar-refractivity contribution in [3.63, 3.8) is 0 Å². The van der Waals surface area contributed by atoms with Crippen LogP contribution in [0.2, 0.25) is 0 Å². The molecule has 0 spiro atoms. The molecule has 6 nitrogen and oxygen atoms in total. The zero-order valence-corrected chi connectivity index (χ0v) is 9.29. The summed E-state index contributed by atoms with van der Waals surface area (Å²) in [5.41, 5.74) is 1.25. The number of carbonyl (C=O) groups is 2. The highest BCUT2D eigenvalue weighted by molar-refractivity contribution is 5.90. The van der Waals surface area contributed by atoms with Crippen molar-refractivity contribution in [1.82, 2.24) is 0 Å². The Morgan fingerprint density at radius 1 is 1.41 bits per heavy atom. The third-order valence-electron chi connectivity index (χ3n) is 2.60. The number of hydrogen-bond donors (Lipinski definition) is 1.